The lowest BCUT2D eigenvalue weighted by Gasteiger charge is -2.11. The number of hydrogen-bond donors (Lipinski definition) is 1. The zero-order valence-electron chi connectivity index (χ0n) is 9.36. The van der Waals surface area contributed by atoms with Crippen molar-refractivity contribution in [2.45, 2.75) is 26.4 Å². The fourth-order valence-corrected chi connectivity index (χ4v) is 1.50. The van der Waals surface area contributed by atoms with Gasteiger partial charge in [0.05, 0.1) is 16.7 Å². The molecule has 0 radical (unpaired) electrons. The molecule has 4 heteroatoms. The number of hydrogen-bond acceptors (Lipinski definition) is 3. The lowest BCUT2D eigenvalue weighted by molar-refractivity contribution is 0.241. The predicted octanol–water partition coefficient (Wildman–Crippen LogP) is 2.17. The Kier molecular flexibility index (Phi) is 4.27. The van der Waals surface area contributed by atoms with E-state index in [2.05, 4.69) is 6.07 Å². The molecule has 0 spiro atoms. The minimum absolute atomic E-state index is 0.0496. The molecule has 1 rings (SSSR count). The first kappa shape index (κ1) is 12.5. The van der Waals surface area contributed by atoms with Crippen molar-refractivity contribution >= 4 is 17.2 Å². The molecule has 0 saturated carbocycles. The molecule has 0 saturated heterocycles. The van der Waals surface area contributed by atoms with E-state index in [0.717, 1.165) is 5.56 Å². The summed E-state index contributed by atoms with van der Waals surface area (Å²) in [5.74, 6) is 0.601. The standard InChI is InChI=1S/C12H14N2OS/c1-8(2)15-11-4-3-9(6-12(14)16)5-10(11)7-13/h3-5,8H,6H2,1-2H3,(H2,14,16). The second-order valence-electron chi connectivity index (χ2n) is 3.75. The predicted molar refractivity (Wildman–Crippen MR) is 67.4 cm³/mol. The van der Waals surface area contributed by atoms with Crippen LogP contribution in [0.2, 0.25) is 0 Å². The summed E-state index contributed by atoms with van der Waals surface area (Å²) in [6, 6.07) is 7.52. The van der Waals surface area contributed by atoms with Crippen LogP contribution in [0, 0.1) is 11.3 Å². The van der Waals surface area contributed by atoms with Crippen LogP contribution < -0.4 is 10.5 Å². The van der Waals surface area contributed by atoms with Gasteiger partial charge in [-0.15, -0.1) is 0 Å². The van der Waals surface area contributed by atoms with Gasteiger partial charge in [0.2, 0.25) is 0 Å². The maximum absolute atomic E-state index is 9.00. The average Bonchev–Trinajstić information content (AvgIpc) is 2.18. The minimum atomic E-state index is 0.0496. The smallest absolute Gasteiger partial charge is 0.137 e. The summed E-state index contributed by atoms with van der Waals surface area (Å²) >= 11 is 4.82. The van der Waals surface area contributed by atoms with Crippen LogP contribution in [0.3, 0.4) is 0 Å². The van der Waals surface area contributed by atoms with Crippen LogP contribution in [0.1, 0.15) is 25.0 Å². The molecule has 0 aliphatic heterocycles. The minimum Gasteiger partial charge on any atom is -0.490 e. The first-order chi connectivity index (χ1) is 7.52. The molecule has 3 nitrogen and oxygen atoms in total. The van der Waals surface area contributed by atoms with Crippen LogP contribution in [0.5, 0.6) is 5.75 Å². The normalized spacial score (nSPS) is 9.88. The van der Waals surface area contributed by atoms with Gasteiger partial charge in [-0.2, -0.15) is 5.26 Å². The van der Waals surface area contributed by atoms with Gasteiger partial charge in [-0.05, 0) is 31.5 Å². The molecule has 0 aliphatic rings. The Balaban J connectivity index is 2.98. The van der Waals surface area contributed by atoms with Crippen LogP contribution >= 0.6 is 12.2 Å². The third-order valence-corrected chi connectivity index (χ3v) is 2.05. The highest BCUT2D eigenvalue weighted by atomic mass is 32.1. The molecule has 0 aliphatic carbocycles. The maximum atomic E-state index is 9.00. The highest BCUT2D eigenvalue weighted by molar-refractivity contribution is 7.80. The highest BCUT2D eigenvalue weighted by Gasteiger charge is 2.07. The number of benzene rings is 1. The summed E-state index contributed by atoms with van der Waals surface area (Å²) in [7, 11) is 0. The fourth-order valence-electron chi connectivity index (χ4n) is 1.33. The summed E-state index contributed by atoms with van der Waals surface area (Å²) in [5.41, 5.74) is 6.90. The Morgan fingerprint density at radius 3 is 2.75 bits per heavy atom. The van der Waals surface area contributed by atoms with Crippen LogP contribution in [0.15, 0.2) is 18.2 Å². The Hall–Kier alpha value is -1.60. The van der Waals surface area contributed by atoms with E-state index >= 15 is 0 Å². The molecule has 2 N–H and O–H groups in total. The number of nitrogens with two attached hydrogens (primary N) is 1. The summed E-state index contributed by atoms with van der Waals surface area (Å²) in [5, 5.41) is 9.00. The van der Waals surface area contributed by atoms with Gasteiger partial charge in [-0.3, -0.25) is 0 Å². The summed E-state index contributed by atoms with van der Waals surface area (Å²) in [6.45, 7) is 3.84. The Labute approximate surface area is 101 Å². The van der Waals surface area contributed by atoms with Crippen molar-refractivity contribution in [3.8, 4) is 11.8 Å². The molecule has 0 amide bonds. The van der Waals surface area contributed by atoms with Gasteiger partial charge >= 0.3 is 0 Å². The number of nitriles is 1. The third-order valence-electron chi connectivity index (χ3n) is 1.91. The summed E-state index contributed by atoms with van der Waals surface area (Å²) < 4.78 is 5.51. The van der Waals surface area contributed by atoms with E-state index in [0.29, 0.717) is 22.7 Å². The van der Waals surface area contributed by atoms with E-state index in [9.17, 15) is 0 Å². The van der Waals surface area contributed by atoms with Crippen LogP contribution in [0.25, 0.3) is 0 Å². The number of ether oxygens (including phenoxy) is 1. The number of nitrogens with zero attached hydrogens (tertiary/aromatic N) is 1. The Bertz CT molecular complexity index is 435. The molecular weight excluding hydrogens is 220 g/mol. The number of thiocarbonyl (C=S) groups is 1. The molecule has 0 aromatic heterocycles. The SMILES string of the molecule is CC(C)Oc1ccc(CC(N)=S)cc1C#N. The molecule has 84 valence electrons. The van der Waals surface area contributed by atoms with Crippen molar-refractivity contribution in [1.82, 2.24) is 0 Å². The summed E-state index contributed by atoms with van der Waals surface area (Å²) in [6.07, 6.45) is 0.555. The van der Waals surface area contributed by atoms with Crippen LogP contribution in [-0.2, 0) is 6.42 Å². The topological polar surface area (TPSA) is 59.0 Å². The van der Waals surface area contributed by atoms with Gasteiger partial charge in [-0.1, -0.05) is 18.3 Å². The second-order valence-corrected chi connectivity index (χ2v) is 4.28. The van der Waals surface area contributed by atoms with Crippen molar-refractivity contribution in [3.63, 3.8) is 0 Å². The molecule has 0 bridgehead atoms. The van der Waals surface area contributed by atoms with Crippen molar-refractivity contribution in [3.05, 3.63) is 29.3 Å². The Morgan fingerprint density at radius 1 is 1.56 bits per heavy atom. The van der Waals surface area contributed by atoms with Gasteiger partial charge in [0.1, 0.15) is 11.8 Å². The maximum Gasteiger partial charge on any atom is 0.137 e. The molecule has 0 fully saturated rings. The van der Waals surface area contributed by atoms with Crippen molar-refractivity contribution in [2.24, 2.45) is 5.73 Å². The monoisotopic (exact) mass is 234 g/mol. The van der Waals surface area contributed by atoms with Crippen molar-refractivity contribution < 1.29 is 4.74 Å². The third kappa shape index (κ3) is 3.52. The van der Waals surface area contributed by atoms with E-state index < -0.39 is 0 Å². The Morgan fingerprint density at radius 2 is 2.25 bits per heavy atom. The fraction of sp³-hybridized carbons (Fsp3) is 0.333. The lowest BCUT2D eigenvalue weighted by atomic mass is 10.1. The lowest BCUT2D eigenvalue weighted by Crippen LogP contribution is -2.11. The van der Waals surface area contributed by atoms with Gasteiger partial charge in [0, 0.05) is 6.42 Å². The second kappa shape index (κ2) is 5.47. The molecule has 0 unspecified atom stereocenters. The van der Waals surface area contributed by atoms with Gasteiger partial charge < -0.3 is 10.5 Å². The van der Waals surface area contributed by atoms with Gasteiger partial charge in [0.25, 0.3) is 0 Å². The van der Waals surface area contributed by atoms with E-state index in [4.69, 9.17) is 28.0 Å². The molecular formula is C12H14N2OS. The quantitative estimate of drug-likeness (QED) is 0.811. The van der Waals surface area contributed by atoms with E-state index in [1.54, 1.807) is 12.1 Å². The first-order valence-electron chi connectivity index (χ1n) is 5.01. The first-order valence-corrected chi connectivity index (χ1v) is 5.41. The van der Waals surface area contributed by atoms with Crippen LogP contribution in [-0.4, -0.2) is 11.1 Å². The van der Waals surface area contributed by atoms with E-state index in [1.807, 2.05) is 19.9 Å². The van der Waals surface area contributed by atoms with Crippen molar-refractivity contribution in [2.75, 3.05) is 0 Å². The zero-order valence-corrected chi connectivity index (χ0v) is 10.2. The molecule has 1 aromatic rings. The number of rotatable bonds is 4. The molecule has 16 heavy (non-hydrogen) atoms. The van der Waals surface area contributed by atoms with Crippen molar-refractivity contribution in [1.29, 1.82) is 5.26 Å². The summed E-state index contributed by atoms with van der Waals surface area (Å²) in [4.78, 5) is 0.418. The van der Waals surface area contributed by atoms with Crippen LogP contribution in [0.4, 0.5) is 0 Å². The highest BCUT2D eigenvalue weighted by Crippen LogP contribution is 2.20. The molecule has 1 aromatic carbocycles. The average molecular weight is 234 g/mol. The molecule has 0 heterocycles. The van der Waals surface area contributed by atoms with Gasteiger partial charge in [0.15, 0.2) is 0 Å². The van der Waals surface area contributed by atoms with E-state index in [1.165, 1.54) is 0 Å². The van der Waals surface area contributed by atoms with E-state index in [-0.39, 0.29) is 6.10 Å². The zero-order chi connectivity index (χ0) is 12.1. The van der Waals surface area contributed by atoms with Gasteiger partial charge in [-0.25, -0.2) is 0 Å². The molecule has 0 atom stereocenters. The largest absolute Gasteiger partial charge is 0.490 e.